The van der Waals surface area contributed by atoms with Crippen molar-refractivity contribution in [2.45, 2.75) is 40.0 Å². The van der Waals surface area contributed by atoms with Crippen LogP contribution in [0.15, 0.2) is 12.7 Å². The van der Waals surface area contributed by atoms with Gasteiger partial charge in [0.25, 0.3) is 0 Å². The molecular formula is C11H20. The summed E-state index contributed by atoms with van der Waals surface area (Å²) in [6.07, 6.45) is 6.19. The molecule has 0 aromatic heterocycles. The maximum absolute atomic E-state index is 3.87. The molecule has 1 fully saturated rings. The zero-order chi connectivity index (χ0) is 8.48. The van der Waals surface area contributed by atoms with Crippen molar-refractivity contribution in [1.82, 2.24) is 0 Å². The summed E-state index contributed by atoms with van der Waals surface area (Å²) in [7, 11) is 0. The Morgan fingerprint density at radius 1 is 1.45 bits per heavy atom. The van der Waals surface area contributed by atoms with E-state index in [2.05, 4.69) is 33.4 Å². The molecule has 1 aliphatic carbocycles. The molecule has 0 spiro atoms. The minimum Gasteiger partial charge on any atom is -0.103 e. The maximum atomic E-state index is 3.87. The summed E-state index contributed by atoms with van der Waals surface area (Å²) in [5.74, 6) is 1.65. The average molecular weight is 152 g/mol. The Morgan fingerprint density at radius 3 is 2.55 bits per heavy atom. The lowest BCUT2D eigenvalue weighted by molar-refractivity contribution is 0.129. The van der Waals surface area contributed by atoms with Crippen LogP contribution >= 0.6 is 0 Å². The fourth-order valence-electron chi connectivity index (χ4n) is 1.91. The maximum Gasteiger partial charge on any atom is -0.0233 e. The molecule has 64 valence electrons. The zero-order valence-electron chi connectivity index (χ0n) is 8.06. The Morgan fingerprint density at radius 2 is 2.09 bits per heavy atom. The first-order valence-electron chi connectivity index (χ1n) is 4.69. The van der Waals surface area contributed by atoms with Crippen LogP contribution in [-0.4, -0.2) is 0 Å². The number of rotatable bonds is 1. The van der Waals surface area contributed by atoms with E-state index in [0.717, 1.165) is 11.8 Å². The van der Waals surface area contributed by atoms with Gasteiger partial charge in [-0.05, 0) is 36.5 Å². The van der Waals surface area contributed by atoms with Gasteiger partial charge in [0, 0.05) is 0 Å². The first kappa shape index (κ1) is 8.83. The van der Waals surface area contributed by atoms with E-state index < -0.39 is 0 Å². The lowest BCUT2D eigenvalue weighted by Crippen LogP contribution is -2.29. The fourth-order valence-corrected chi connectivity index (χ4v) is 1.91. The molecule has 0 radical (unpaired) electrons. The van der Waals surface area contributed by atoms with Crippen molar-refractivity contribution >= 4 is 0 Å². The van der Waals surface area contributed by atoms with Crippen LogP contribution in [-0.2, 0) is 0 Å². The zero-order valence-corrected chi connectivity index (χ0v) is 8.06. The van der Waals surface area contributed by atoms with Gasteiger partial charge in [-0.2, -0.15) is 0 Å². The highest BCUT2D eigenvalue weighted by Crippen LogP contribution is 2.42. The fraction of sp³-hybridized carbons (Fsp3) is 0.818. The Labute approximate surface area is 70.7 Å². The largest absolute Gasteiger partial charge is 0.103 e. The van der Waals surface area contributed by atoms with E-state index in [1.165, 1.54) is 19.3 Å². The third-order valence-corrected chi connectivity index (χ3v) is 3.48. The van der Waals surface area contributed by atoms with Crippen molar-refractivity contribution in [2.24, 2.45) is 17.3 Å². The van der Waals surface area contributed by atoms with Crippen molar-refractivity contribution in [1.29, 1.82) is 0 Å². The standard InChI is InChI=1S/C11H20/c1-5-10-6-7-11(3,4)9(2)8-10/h5,9-10H,1,6-8H2,2-4H3. The minimum atomic E-state index is 0.569. The van der Waals surface area contributed by atoms with Crippen molar-refractivity contribution in [2.75, 3.05) is 0 Å². The van der Waals surface area contributed by atoms with E-state index in [1.54, 1.807) is 0 Å². The van der Waals surface area contributed by atoms with Crippen molar-refractivity contribution < 1.29 is 0 Å². The number of hydrogen-bond donors (Lipinski definition) is 0. The summed E-state index contributed by atoms with van der Waals surface area (Å²) in [6, 6.07) is 0. The molecule has 0 nitrogen and oxygen atoms in total. The van der Waals surface area contributed by atoms with E-state index in [9.17, 15) is 0 Å². The van der Waals surface area contributed by atoms with Crippen LogP contribution in [0.3, 0.4) is 0 Å². The predicted octanol–water partition coefficient (Wildman–Crippen LogP) is 3.63. The van der Waals surface area contributed by atoms with Crippen LogP contribution in [0.2, 0.25) is 0 Å². The summed E-state index contributed by atoms with van der Waals surface area (Å²) in [6.45, 7) is 11.0. The van der Waals surface area contributed by atoms with Crippen LogP contribution in [0.25, 0.3) is 0 Å². The second kappa shape index (κ2) is 3.00. The minimum absolute atomic E-state index is 0.569. The molecule has 0 heterocycles. The van der Waals surface area contributed by atoms with Crippen LogP contribution in [0.4, 0.5) is 0 Å². The number of allylic oxidation sites excluding steroid dienone is 1. The van der Waals surface area contributed by atoms with E-state index in [4.69, 9.17) is 0 Å². The molecule has 11 heavy (non-hydrogen) atoms. The normalized spacial score (nSPS) is 36.6. The van der Waals surface area contributed by atoms with Gasteiger partial charge in [-0.1, -0.05) is 26.8 Å². The smallest absolute Gasteiger partial charge is 0.0233 e. The lowest BCUT2D eigenvalue weighted by atomic mass is 9.66. The third-order valence-electron chi connectivity index (χ3n) is 3.48. The summed E-state index contributed by atoms with van der Waals surface area (Å²) in [4.78, 5) is 0. The van der Waals surface area contributed by atoms with Crippen LogP contribution in [0, 0.1) is 17.3 Å². The highest BCUT2D eigenvalue weighted by Gasteiger charge is 2.31. The average Bonchev–Trinajstić information content (AvgIpc) is 1.95. The molecule has 1 rings (SSSR count). The first-order chi connectivity index (χ1) is 5.06. The van der Waals surface area contributed by atoms with Gasteiger partial charge in [0.1, 0.15) is 0 Å². The van der Waals surface area contributed by atoms with Gasteiger partial charge >= 0.3 is 0 Å². The molecule has 0 aromatic carbocycles. The molecule has 0 N–H and O–H groups in total. The second-order valence-corrected chi connectivity index (χ2v) is 4.66. The molecule has 0 saturated heterocycles. The molecule has 2 unspecified atom stereocenters. The van der Waals surface area contributed by atoms with Crippen LogP contribution < -0.4 is 0 Å². The van der Waals surface area contributed by atoms with E-state index in [-0.39, 0.29) is 0 Å². The van der Waals surface area contributed by atoms with Crippen molar-refractivity contribution in [3.8, 4) is 0 Å². The van der Waals surface area contributed by atoms with Gasteiger partial charge < -0.3 is 0 Å². The molecule has 1 aliphatic rings. The van der Waals surface area contributed by atoms with Crippen molar-refractivity contribution in [3.63, 3.8) is 0 Å². The number of hydrogen-bond acceptors (Lipinski definition) is 0. The Balaban J connectivity index is 2.54. The highest BCUT2D eigenvalue weighted by molar-refractivity contribution is 4.90. The summed E-state index contributed by atoms with van der Waals surface area (Å²) in [5, 5.41) is 0. The highest BCUT2D eigenvalue weighted by atomic mass is 14.4. The van der Waals surface area contributed by atoms with Gasteiger partial charge in [0.05, 0.1) is 0 Å². The van der Waals surface area contributed by atoms with Gasteiger partial charge in [0.15, 0.2) is 0 Å². The van der Waals surface area contributed by atoms with Crippen LogP contribution in [0.1, 0.15) is 40.0 Å². The predicted molar refractivity (Wildman–Crippen MR) is 50.5 cm³/mol. The summed E-state index contributed by atoms with van der Waals surface area (Å²) in [5.41, 5.74) is 0.569. The van der Waals surface area contributed by atoms with E-state index in [1.807, 2.05) is 0 Å². The molecule has 1 saturated carbocycles. The Kier molecular flexibility index (Phi) is 2.41. The monoisotopic (exact) mass is 152 g/mol. The van der Waals surface area contributed by atoms with Gasteiger partial charge in [-0.25, -0.2) is 0 Å². The molecule has 0 heteroatoms. The summed E-state index contributed by atoms with van der Waals surface area (Å²) < 4.78 is 0. The molecule has 0 bridgehead atoms. The van der Waals surface area contributed by atoms with Gasteiger partial charge in [-0.3, -0.25) is 0 Å². The van der Waals surface area contributed by atoms with Crippen molar-refractivity contribution in [3.05, 3.63) is 12.7 Å². The summed E-state index contributed by atoms with van der Waals surface area (Å²) >= 11 is 0. The second-order valence-electron chi connectivity index (χ2n) is 4.66. The Hall–Kier alpha value is -0.260. The van der Waals surface area contributed by atoms with E-state index >= 15 is 0 Å². The molecule has 2 atom stereocenters. The molecule has 0 aromatic rings. The van der Waals surface area contributed by atoms with Gasteiger partial charge in [0.2, 0.25) is 0 Å². The Bertz CT molecular complexity index is 144. The SMILES string of the molecule is C=CC1CCC(C)(C)C(C)C1. The molecule has 0 aliphatic heterocycles. The third kappa shape index (κ3) is 1.85. The first-order valence-corrected chi connectivity index (χ1v) is 4.69. The van der Waals surface area contributed by atoms with E-state index in [0.29, 0.717) is 5.41 Å². The molecule has 0 amide bonds. The lowest BCUT2D eigenvalue weighted by Gasteiger charge is -2.39. The quantitative estimate of drug-likeness (QED) is 0.503. The van der Waals surface area contributed by atoms with Gasteiger partial charge in [-0.15, -0.1) is 6.58 Å². The van der Waals surface area contributed by atoms with Crippen LogP contribution in [0.5, 0.6) is 0 Å². The topological polar surface area (TPSA) is 0 Å². The molecular weight excluding hydrogens is 132 g/mol.